The standard InChI is InChI=1S/C27H31N7O2/c1-5-30-26-32-21(16-22(33-26)34-12-14-36-15-13-34)23-18(2)6-7-20(24(23)27(3,4)17-28)31-25(35)19-8-10-29-11-9-19/h6-11,16H,5,12-15H2,1-4H3,(H,31,35)(H,30,32,33). The number of rotatable bonds is 7. The molecule has 0 atom stereocenters. The first-order valence-corrected chi connectivity index (χ1v) is 12.1. The fourth-order valence-electron chi connectivity index (χ4n) is 4.30. The van der Waals surface area contributed by atoms with Gasteiger partial charge in [-0.15, -0.1) is 0 Å². The summed E-state index contributed by atoms with van der Waals surface area (Å²) in [7, 11) is 0. The highest BCUT2D eigenvalue weighted by atomic mass is 16.5. The highest BCUT2D eigenvalue weighted by Gasteiger charge is 2.30. The number of hydrogen-bond acceptors (Lipinski definition) is 8. The molecule has 0 unspecified atom stereocenters. The summed E-state index contributed by atoms with van der Waals surface area (Å²) in [5, 5.41) is 16.4. The Balaban J connectivity index is 1.88. The van der Waals surface area contributed by atoms with E-state index in [-0.39, 0.29) is 5.91 Å². The van der Waals surface area contributed by atoms with Crippen LogP contribution in [0.25, 0.3) is 11.3 Å². The quantitative estimate of drug-likeness (QED) is 0.512. The Bertz CT molecular complexity index is 1280. The van der Waals surface area contributed by atoms with Crippen molar-refractivity contribution in [3.63, 3.8) is 0 Å². The van der Waals surface area contributed by atoms with Gasteiger partial charge in [-0.05, 0) is 51.5 Å². The largest absolute Gasteiger partial charge is 0.378 e. The molecule has 9 nitrogen and oxygen atoms in total. The molecule has 0 aliphatic carbocycles. The number of nitrogens with one attached hydrogen (secondary N) is 2. The molecule has 1 amide bonds. The van der Waals surface area contributed by atoms with Crippen molar-refractivity contribution in [2.24, 2.45) is 0 Å². The lowest BCUT2D eigenvalue weighted by atomic mass is 9.79. The second kappa shape index (κ2) is 10.7. The summed E-state index contributed by atoms with van der Waals surface area (Å²) in [6.45, 7) is 11.1. The number of nitrogens with zero attached hydrogens (tertiary/aromatic N) is 5. The van der Waals surface area contributed by atoms with Crippen LogP contribution in [-0.4, -0.2) is 53.7 Å². The number of aryl methyl sites for hydroxylation is 1. The van der Waals surface area contributed by atoms with E-state index in [1.165, 1.54) is 0 Å². The Morgan fingerprint density at radius 3 is 2.56 bits per heavy atom. The van der Waals surface area contributed by atoms with Crippen molar-refractivity contribution in [3.8, 4) is 17.3 Å². The molecule has 36 heavy (non-hydrogen) atoms. The van der Waals surface area contributed by atoms with Crippen molar-refractivity contribution in [2.45, 2.75) is 33.1 Å². The number of pyridine rings is 1. The zero-order valence-corrected chi connectivity index (χ0v) is 21.1. The average Bonchev–Trinajstić information content (AvgIpc) is 2.90. The number of hydrogen-bond donors (Lipinski definition) is 2. The summed E-state index contributed by atoms with van der Waals surface area (Å²) in [6.07, 6.45) is 3.15. The third-order valence-electron chi connectivity index (χ3n) is 6.15. The highest BCUT2D eigenvalue weighted by molar-refractivity contribution is 6.05. The van der Waals surface area contributed by atoms with Crippen molar-refractivity contribution >= 4 is 23.4 Å². The van der Waals surface area contributed by atoms with E-state index in [0.717, 1.165) is 30.0 Å². The molecule has 1 aliphatic heterocycles. The van der Waals surface area contributed by atoms with Crippen molar-refractivity contribution < 1.29 is 9.53 Å². The van der Waals surface area contributed by atoms with Crippen LogP contribution >= 0.6 is 0 Å². The van der Waals surface area contributed by atoms with Gasteiger partial charge in [0.2, 0.25) is 5.95 Å². The van der Waals surface area contributed by atoms with Gasteiger partial charge >= 0.3 is 0 Å². The lowest BCUT2D eigenvalue weighted by molar-refractivity contribution is 0.102. The molecule has 2 N–H and O–H groups in total. The SMILES string of the molecule is CCNc1nc(-c2c(C)ccc(NC(=O)c3ccncc3)c2C(C)(C)C#N)cc(N2CCOCC2)n1. The molecule has 9 heteroatoms. The lowest BCUT2D eigenvalue weighted by Crippen LogP contribution is -2.37. The predicted octanol–water partition coefficient (Wildman–Crippen LogP) is 4.17. The molecule has 186 valence electrons. The van der Waals surface area contributed by atoms with E-state index < -0.39 is 5.41 Å². The first-order valence-electron chi connectivity index (χ1n) is 12.1. The molecule has 1 aromatic carbocycles. The summed E-state index contributed by atoms with van der Waals surface area (Å²) in [5.41, 5.74) is 3.30. The Labute approximate surface area is 211 Å². The molecule has 4 rings (SSSR count). The molecule has 1 aliphatic rings. The molecular formula is C27H31N7O2. The molecule has 3 heterocycles. The molecule has 0 saturated carbocycles. The van der Waals surface area contributed by atoms with Crippen LogP contribution in [0.1, 0.15) is 42.3 Å². The van der Waals surface area contributed by atoms with E-state index in [1.54, 1.807) is 24.5 Å². The Morgan fingerprint density at radius 1 is 1.17 bits per heavy atom. The van der Waals surface area contributed by atoms with Crippen molar-refractivity contribution in [3.05, 3.63) is 59.4 Å². The van der Waals surface area contributed by atoms with E-state index in [9.17, 15) is 10.1 Å². The van der Waals surface area contributed by atoms with Crippen LogP contribution in [0, 0.1) is 18.3 Å². The van der Waals surface area contributed by atoms with Crippen LogP contribution in [-0.2, 0) is 10.2 Å². The zero-order valence-electron chi connectivity index (χ0n) is 21.1. The second-order valence-electron chi connectivity index (χ2n) is 9.17. The smallest absolute Gasteiger partial charge is 0.255 e. The molecule has 0 spiro atoms. The van der Waals surface area contributed by atoms with Gasteiger partial charge in [0.1, 0.15) is 5.82 Å². The highest BCUT2D eigenvalue weighted by Crippen LogP contribution is 2.41. The summed E-state index contributed by atoms with van der Waals surface area (Å²) in [5.74, 6) is 1.04. The summed E-state index contributed by atoms with van der Waals surface area (Å²) in [6, 6.07) is 11.5. The van der Waals surface area contributed by atoms with Crippen molar-refractivity contribution in [2.75, 3.05) is 48.4 Å². The molecular weight excluding hydrogens is 454 g/mol. The Morgan fingerprint density at radius 2 is 1.89 bits per heavy atom. The van der Waals surface area contributed by atoms with Crippen LogP contribution < -0.4 is 15.5 Å². The van der Waals surface area contributed by atoms with Gasteiger partial charge in [-0.2, -0.15) is 10.2 Å². The van der Waals surface area contributed by atoms with E-state index in [4.69, 9.17) is 14.7 Å². The Hall–Kier alpha value is -4.03. The van der Waals surface area contributed by atoms with Gasteiger partial charge in [-0.3, -0.25) is 9.78 Å². The monoisotopic (exact) mass is 485 g/mol. The van der Waals surface area contributed by atoms with E-state index in [1.807, 2.05) is 45.9 Å². The first kappa shape index (κ1) is 25.1. The zero-order chi connectivity index (χ0) is 25.7. The summed E-state index contributed by atoms with van der Waals surface area (Å²) < 4.78 is 5.52. The van der Waals surface area contributed by atoms with E-state index in [2.05, 4.69) is 26.6 Å². The van der Waals surface area contributed by atoms with Gasteiger partial charge in [0.15, 0.2) is 0 Å². The van der Waals surface area contributed by atoms with Crippen LogP contribution in [0.3, 0.4) is 0 Å². The number of morpholine rings is 1. The number of aromatic nitrogens is 3. The number of benzene rings is 1. The maximum Gasteiger partial charge on any atom is 0.255 e. The van der Waals surface area contributed by atoms with Gasteiger partial charge in [-0.1, -0.05) is 6.07 Å². The van der Waals surface area contributed by atoms with E-state index >= 15 is 0 Å². The fraction of sp³-hybridized carbons (Fsp3) is 0.370. The minimum Gasteiger partial charge on any atom is -0.378 e. The van der Waals surface area contributed by atoms with Crippen LogP contribution in [0.2, 0.25) is 0 Å². The third kappa shape index (κ3) is 5.29. The minimum absolute atomic E-state index is 0.271. The lowest BCUT2D eigenvalue weighted by Gasteiger charge is -2.29. The Kier molecular flexibility index (Phi) is 7.46. The van der Waals surface area contributed by atoms with Gasteiger partial charge in [0, 0.05) is 60.5 Å². The summed E-state index contributed by atoms with van der Waals surface area (Å²) in [4.78, 5) is 28.8. The van der Waals surface area contributed by atoms with Crippen LogP contribution in [0.4, 0.5) is 17.5 Å². The second-order valence-corrected chi connectivity index (χ2v) is 9.17. The van der Waals surface area contributed by atoms with Gasteiger partial charge < -0.3 is 20.3 Å². The van der Waals surface area contributed by atoms with Gasteiger partial charge in [0.05, 0.1) is 30.4 Å². The predicted molar refractivity (Wildman–Crippen MR) is 140 cm³/mol. The molecule has 3 aromatic rings. The molecule has 1 saturated heterocycles. The van der Waals surface area contributed by atoms with Crippen molar-refractivity contribution in [1.82, 2.24) is 15.0 Å². The van der Waals surface area contributed by atoms with Crippen LogP contribution in [0.5, 0.6) is 0 Å². The number of carbonyl (C=O) groups is 1. The molecule has 2 aromatic heterocycles. The van der Waals surface area contributed by atoms with Gasteiger partial charge in [0.25, 0.3) is 5.91 Å². The molecule has 0 radical (unpaired) electrons. The fourth-order valence-corrected chi connectivity index (χ4v) is 4.30. The third-order valence-corrected chi connectivity index (χ3v) is 6.15. The molecule has 1 fully saturated rings. The molecule has 0 bridgehead atoms. The van der Waals surface area contributed by atoms with Crippen molar-refractivity contribution in [1.29, 1.82) is 5.26 Å². The number of carbonyl (C=O) groups excluding carboxylic acids is 1. The van der Waals surface area contributed by atoms with Crippen LogP contribution in [0.15, 0.2) is 42.7 Å². The van der Waals surface area contributed by atoms with E-state index in [0.29, 0.717) is 48.2 Å². The normalized spacial score (nSPS) is 13.7. The number of nitriles is 1. The first-order chi connectivity index (χ1) is 17.3. The topological polar surface area (TPSA) is 116 Å². The van der Waals surface area contributed by atoms with Gasteiger partial charge in [-0.25, -0.2) is 4.98 Å². The maximum atomic E-state index is 13.0. The summed E-state index contributed by atoms with van der Waals surface area (Å²) >= 11 is 0. The number of ether oxygens (including phenoxy) is 1. The minimum atomic E-state index is -0.912. The number of amides is 1. The number of anilines is 3. The average molecular weight is 486 g/mol. The maximum absolute atomic E-state index is 13.0.